The highest BCUT2D eigenvalue weighted by atomic mass is 16.5. The van der Waals surface area contributed by atoms with Crippen LogP contribution >= 0.6 is 0 Å². The number of aromatic nitrogens is 2. The zero-order valence-corrected chi connectivity index (χ0v) is 13.4. The van der Waals surface area contributed by atoms with Crippen LogP contribution in [0.1, 0.15) is 25.1 Å². The third-order valence-electron chi connectivity index (χ3n) is 2.82. The lowest BCUT2D eigenvalue weighted by Gasteiger charge is -2.11. The number of hydrogen-bond acceptors (Lipinski definition) is 6. The standard InChI is InChI=1S/C16H20N4O3/c1-4-22-13-7-6-12(9-14(13)23-5-2)10-17-20-16-18-11(3)8-15(21)19-16/h6-10H,4-5H2,1-3H3,(H2,18,19,20,21). The maximum absolute atomic E-state index is 11.3. The molecule has 7 heteroatoms. The molecular weight excluding hydrogens is 296 g/mol. The number of nitrogens with one attached hydrogen (secondary N) is 2. The van der Waals surface area contributed by atoms with Gasteiger partial charge in [0.2, 0.25) is 5.95 Å². The summed E-state index contributed by atoms with van der Waals surface area (Å²) in [5.41, 5.74) is 3.92. The Morgan fingerprint density at radius 2 is 1.96 bits per heavy atom. The van der Waals surface area contributed by atoms with Gasteiger partial charge in [0, 0.05) is 11.8 Å². The maximum Gasteiger partial charge on any atom is 0.252 e. The van der Waals surface area contributed by atoms with Crippen LogP contribution in [0.4, 0.5) is 5.95 Å². The van der Waals surface area contributed by atoms with E-state index in [9.17, 15) is 4.79 Å². The average Bonchev–Trinajstić information content (AvgIpc) is 2.49. The first-order valence-corrected chi connectivity index (χ1v) is 7.39. The summed E-state index contributed by atoms with van der Waals surface area (Å²) in [5.74, 6) is 1.66. The molecule has 2 aromatic rings. The van der Waals surface area contributed by atoms with Crippen molar-refractivity contribution in [3.05, 3.63) is 45.9 Å². The molecule has 0 amide bonds. The zero-order valence-electron chi connectivity index (χ0n) is 13.4. The highest BCUT2D eigenvalue weighted by Crippen LogP contribution is 2.27. The van der Waals surface area contributed by atoms with Crippen LogP contribution in [-0.4, -0.2) is 29.4 Å². The molecule has 0 saturated carbocycles. The van der Waals surface area contributed by atoms with E-state index in [1.807, 2.05) is 32.0 Å². The molecule has 0 fully saturated rings. The molecule has 122 valence electrons. The molecule has 2 N–H and O–H groups in total. The summed E-state index contributed by atoms with van der Waals surface area (Å²) in [5, 5.41) is 4.07. The summed E-state index contributed by atoms with van der Waals surface area (Å²) in [6.07, 6.45) is 1.61. The second-order valence-corrected chi connectivity index (χ2v) is 4.68. The smallest absolute Gasteiger partial charge is 0.252 e. The van der Waals surface area contributed by atoms with Crippen molar-refractivity contribution in [3.8, 4) is 11.5 Å². The monoisotopic (exact) mass is 316 g/mol. The van der Waals surface area contributed by atoms with Gasteiger partial charge in [0.05, 0.1) is 19.4 Å². The summed E-state index contributed by atoms with van der Waals surface area (Å²) in [6.45, 7) is 6.70. The van der Waals surface area contributed by atoms with Crippen LogP contribution in [0.25, 0.3) is 0 Å². The van der Waals surface area contributed by atoms with Crippen molar-refractivity contribution in [2.45, 2.75) is 20.8 Å². The second kappa shape index (κ2) is 7.98. The van der Waals surface area contributed by atoms with Gasteiger partial charge in [0.15, 0.2) is 11.5 Å². The molecule has 0 atom stereocenters. The number of nitrogens with zero attached hydrogens (tertiary/aromatic N) is 2. The molecule has 0 radical (unpaired) electrons. The van der Waals surface area contributed by atoms with Crippen LogP contribution in [0.5, 0.6) is 11.5 Å². The van der Waals surface area contributed by atoms with E-state index in [1.165, 1.54) is 6.07 Å². The normalized spacial score (nSPS) is 10.7. The molecular formula is C16H20N4O3. The first-order valence-electron chi connectivity index (χ1n) is 7.39. The quantitative estimate of drug-likeness (QED) is 0.604. The van der Waals surface area contributed by atoms with E-state index in [0.717, 1.165) is 5.56 Å². The van der Waals surface area contributed by atoms with Gasteiger partial charge in [0.1, 0.15) is 0 Å². The van der Waals surface area contributed by atoms with Crippen molar-refractivity contribution >= 4 is 12.2 Å². The van der Waals surface area contributed by atoms with Crippen molar-refractivity contribution in [2.24, 2.45) is 5.10 Å². The van der Waals surface area contributed by atoms with E-state index >= 15 is 0 Å². The SMILES string of the molecule is CCOc1ccc(C=NNc2nc(C)cc(=O)[nH]2)cc1OCC. The Morgan fingerprint density at radius 3 is 2.65 bits per heavy atom. The molecule has 1 aromatic carbocycles. The number of ether oxygens (including phenoxy) is 2. The molecule has 23 heavy (non-hydrogen) atoms. The van der Waals surface area contributed by atoms with Gasteiger partial charge in [-0.15, -0.1) is 0 Å². The Kier molecular flexibility index (Phi) is 5.74. The number of benzene rings is 1. The average molecular weight is 316 g/mol. The van der Waals surface area contributed by atoms with Gasteiger partial charge in [0.25, 0.3) is 5.56 Å². The van der Waals surface area contributed by atoms with Crippen LogP contribution in [0, 0.1) is 6.92 Å². The van der Waals surface area contributed by atoms with Crippen LogP contribution in [0.2, 0.25) is 0 Å². The third-order valence-corrected chi connectivity index (χ3v) is 2.82. The predicted octanol–water partition coefficient (Wildman–Crippen LogP) is 2.32. The van der Waals surface area contributed by atoms with Gasteiger partial charge in [-0.05, 0) is 44.5 Å². The van der Waals surface area contributed by atoms with Crippen molar-refractivity contribution in [1.82, 2.24) is 9.97 Å². The van der Waals surface area contributed by atoms with Crippen LogP contribution in [0.15, 0.2) is 34.2 Å². The number of H-pyrrole nitrogens is 1. The number of hydrazone groups is 1. The lowest BCUT2D eigenvalue weighted by Crippen LogP contribution is -2.10. The molecule has 0 saturated heterocycles. The minimum atomic E-state index is -0.227. The Labute approximate surface area is 134 Å². The van der Waals surface area contributed by atoms with Gasteiger partial charge < -0.3 is 9.47 Å². The largest absolute Gasteiger partial charge is 0.490 e. The summed E-state index contributed by atoms with van der Waals surface area (Å²) >= 11 is 0. The van der Waals surface area contributed by atoms with Crippen molar-refractivity contribution < 1.29 is 9.47 Å². The highest BCUT2D eigenvalue weighted by Gasteiger charge is 2.05. The van der Waals surface area contributed by atoms with E-state index in [0.29, 0.717) is 36.4 Å². The maximum atomic E-state index is 11.3. The number of hydrogen-bond donors (Lipinski definition) is 2. The van der Waals surface area contributed by atoms with Crippen molar-refractivity contribution in [1.29, 1.82) is 0 Å². The van der Waals surface area contributed by atoms with E-state index < -0.39 is 0 Å². The Bertz CT molecular complexity index is 740. The van der Waals surface area contributed by atoms with E-state index in [4.69, 9.17) is 9.47 Å². The van der Waals surface area contributed by atoms with E-state index in [-0.39, 0.29) is 5.56 Å². The second-order valence-electron chi connectivity index (χ2n) is 4.68. The first kappa shape index (κ1) is 16.5. The van der Waals surface area contributed by atoms with Gasteiger partial charge in [-0.1, -0.05) is 0 Å². The van der Waals surface area contributed by atoms with Gasteiger partial charge in [-0.25, -0.2) is 10.4 Å². The Morgan fingerprint density at radius 1 is 1.22 bits per heavy atom. The molecule has 0 aliphatic carbocycles. The summed E-state index contributed by atoms with van der Waals surface area (Å²) in [7, 11) is 0. The fourth-order valence-corrected chi connectivity index (χ4v) is 1.95. The molecule has 0 aliphatic heterocycles. The first-order chi connectivity index (χ1) is 11.1. The number of aromatic amines is 1. The Hall–Kier alpha value is -2.83. The summed E-state index contributed by atoms with van der Waals surface area (Å²) in [4.78, 5) is 18.0. The van der Waals surface area contributed by atoms with Crippen molar-refractivity contribution in [2.75, 3.05) is 18.6 Å². The lowest BCUT2D eigenvalue weighted by molar-refractivity contribution is 0.288. The molecule has 0 spiro atoms. The van der Waals surface area contributed by atoms with Crippen LogP contribution < -0.4 is 20.5 Å². The van der Waals surface area contributed by atoms with Gasteiger partial charge in [-0.3, -0.25) is 9.78 Å². The predicted molar refractivity (Wildman–Crippen MR) is 89.6 cm³/mol. The zero-order chi connectivity index (χ0) is 16.7. The Balaban J connectivity index is 2.12. The topological polar surface area (TPSA) is 88.6 Å². The van der Waals surface area contributed by atoms with Crippen molar-refractivity contribution in [3.63, 3.8) is 0 Å². The minimum Gasteiger partial charge on any atom is -0.490 e. The number of aryl methyl sites for hydroxylation is 1. The third kappa shape index (κ3) is 4.84. The van der Waals surface area contributed by atoms with Crippen LogP contribution in [0.3, 0.4) is 0 Å². The molecule has 1 aromatic heterocycles. The molecule has 2 rings (SSSR count). The molecule has 0 bridgehead atoms. The molecule has 7 nitrogen and oxygen atoms in total. The molecule has 0 aliphatic rings. The summed E-state index contributed by atoms with van der Waals surface area (Å²) < 4.78 is 11.1. The van der Waals surface area contributed by atoms with E-state index in [1.54, 1.807) is 13.1 Å². The van der Waals surface area contributed by atoms with E-state index in [2.05, 4.69) is 20.5 Å². The fourth-order valence-electron chi connectivity index (χ4n) is 1.95. The van der Waals surface area contributed by atoms with Crippen LogP contribution in [-0.2, 0) is 0 Å². The summed E-state index contributed by atoms with van der Waals surface area (Å²) in [6, 6.07) is 6.95. The van der Waals surface area contributed by atoms with Gasteiger partial charge in [-0.2, -0.15) is 5.10 Å². The highest BCUT2D eigenvalue weighted by molar-refractivity contribution is 5.81. The molecule has 0 unspecified atom stereocenters. The number of anilines is 1. The lowest BCUT2D eigenvalue weighted by atomic mass is 10.2. The van der Waals surface area contributed by atoms with Gasteiger partial charge >= 0.3 is 0 Å². The number of rotatable bonds is 7. The fraction of sp³-hybridized carbons (Fsp3) is 0.312. The minimum absolute atomic E-state index is 0.227. The molecule has 1 heterocycles.